The molecule has 0 aromatic rings. The van der Waals surface area contributed by atoms with Gasteiger partial charge in [-0.15, -0.1) is 0 Å². The minimum Gasteiger partial charge on any atom is -0.466 e. The van der Waals surface area contributed by atoms with E-state index in [2.05, 4.69) is 5.32 Å². The standard InChI is InChI=1S/C11H17NO3/c1-3-15-11(14)9-6-4-5-7-10(9)12-8(2)13/h4-5,9-10H,3,6-7H2,1-2H3,(H,12,13). The van der Waals surface area contributed by atoms with Crippen molar-refractivity contribution >= 4 is 11.9 Å². The van der Waals surface area contributed by atoms with Crippen LogP contribution in [-0.4, -0.2) is 24.5 Å². The van der Waals surface area contributed by atoms with Gasteiger partial charge in [0.1, 0.15) is 0 Å². The van der Waals surface area contributed by atoms with E-state index < -0.39 is 0 Å². The van der Waals surface area contributed by atoms with Crippen LogP contribution < -0.4 is 5.32 Å². The molecule has 84 valence electrons. The van der Waals surface area contributed by atoms with Gasteiger partial charge in [-0.2, -0.15) is 0 Å². The van der Waals surface area contributed by atoms with Crippen molar-refractivity contribution in [1.29, 1.82) is 0 Å². The lowest BCUT2D eigenvalue weighted by molar-refractivity contribution is -0.149. The number of carbonyl (C=O) groups is 2. The van der Waals surface area contributed by atoms with Gasteiger partial charge in [0.2, 0.25) is 5.91 Å². The van der Waals surface area contributed by atoms with Gasteiger partial charge < -0.3 is 10.1 Å². The smallest absolute Gasteiger partial charge is 0.311 e. The number of nitrogens with one attached hydrogen (secondary N) is 1. The fraction of sp³-hybridized carbons (Fsp3) is 0.636. The van der Waals surface area contributed by atoms with E-state index in [1.165, 1.54) is 6.92 Å². The molecule has 1 aliphatic rings. The number of rotatable bonds is 3. The summed E-state index contributed by atoms with van der Waals surface area (Å²) in [4.78, 5) is 22.5. The van der Waals surface area contributed by atoms with Gasteiger partial charge in [0.05, 0.1) is 12.5 Å². The number of allylic oxidation sites excluding steroid dienone is 1. The molecule has 4 nitrogen and oxygen atoms in total. The van der Waals surface area contributed by atoms with Crippen LogP contribution in [0.2, 0.25) is 0 Å². The van der Waals surface area contributed by atoms with Gasteiger partial charge in [-0.1, -0.05) is 12.2 Å². The third-order valence-electron chi connectivity index (χ3n) is 2.41. The second kappa shape index (κ2) is 5.53. The van der Waals surface area contributed by atoms with Gasteiger partial charge >= 0.3 is 5.97 Å². The summed E-state index contributed by atoms with van der Waals surface area (Å²) in [5.74, 6) is -0.566. The third-order valence-corrected chi connectivity index (χ3v) is 2.41. The third kappa shape index (κ3) is 3.38. The SMILES string of the molecule is CCOC(=O)C1CC=CCC1NC(C)=O. The van der Waals surface area contributed by atoms with Crippen LogP contribution in [0, 0.1) is 5.92 Å². The van der Waals surface area contributed by atoms with Crippen molar-refractivity contribution in [2.45, 2.75) is 32.7 Å². The summed E-state index contributed by atoms with van der Waals surface area (Å²) in [7, 11) is 0. The Hall–Kier alpha value is -1.32. The Labute approximate surface area is 89.7 Å². The van der Waals surface area contributed by atoms with Crippen LogP contribution in [0.4, 0.5) is 0 Å². The van der Waals surface area contributed by atoms with E-state index in [-0.39, 0.29) is 23.8 Å². The van der Waals surface area contributed by atoms with Crippen LogP contribution in [0.25, 0.3) is 0 Å². The van der Waals surface area contributed by atoms with Crippen LogP contribution in [0.3, 0.4) is 0 Å². The van der Waals surface area contributed by atoms with E-state index in [1.54, 1.807) is 6.92 Å². The highest BCUT2D eigenvalue weighted by atomic mass is 16.5. The van der Waals surface area contributed by atoms with Crippen LogP contribution in [0.1, 0.15) is 26.7 Å². The number of hydrogen-bond donors (Lipinski definition) is 1. The average molecular weight is 211 g/mol. The van der Waals surface area contributed by atoms with E-state index in [0.717, 1.165) is 0 Å². The van der Waals surface area contributed by atoms with E-state index in [1.807, 2.05) is 12.2 Å². The van der Waals surface area contributed by atoms with E-state index >= 15 is 0 Å². The maximum Gasteiger partial charge on any atom is 0.311 e. The minimum atomic E-state index is -0.237. The molecule has 2 atom stereocenters. The zero-order valence-corrected chi connectivity index (χ0v) is 9.16. The van der Waals surface area contributed by atoms with Crippen molar-refractivity contribution in [2.24, 2.45) is 5.92 Å². The molecule has 1 N–H and O–H groups in total. The normalized spacial score (nSPS) is 24.7. The molecule has 0 fully saturated rings. The Kier molecular flexibility index (Phi) is 4.34. The van der Waals surface area contributed by atoms with E-state index in [4.69, 9.17) is 4.74 Å². The first kappa shape index (κ1) is 11.8. The van der Waals surface area contributed by atoms with Gasteiger partial charge in [0.15, 0.2) is 0 Å². The van der Waals surface area contributed by atoms with Gasteiger partial charge in [0, 0.05) is 13.0 Å². The number of ether oxygens (including phenoxy) is 1. The average Bonchev–Trinajstić information content (AvgIpc) is 2.18. The summed E-state index contributed by atoms with van der Waals surface area (Å²) in [6.07, 6.45) is 5.28. The summed E-state index contributed by atoms with van der Waals surface area (Å²) in [6.45, 7) is 3.62. The zero-order chi connectivity index (χ0) is 11.3. The van der Waals surface area contributed by atoms with E-state index in [9.17, 15) is 9.59 Å². The van der Waals surface area contributed by atoms with Crippen molar-refractivity contribution in [2.75, 3.05) is 6.61 Å². The highest BCUT2D eigenvalue weighted by molar-refractivity contribution is 5.77. The lowest BCUT2D eigenvalue weighted by Crippen LogP contribution is -2.43. The first-order valence-corrected chi connectivity index (χ1v) is 5.24. The molecule has 2 unspecified atom stereocenters. The van der Waals surface area contributed by atoms with Gasteiger partial charge in [-0.3, -0.25) is 9.59 Å². The first-order chi connectivity index (χ1) is 7.15. The molecule has 0 radical (unpaired) electrons. The summed E-state index contributed by atoms with van der Waals surface area (Å²) < 4.78 is 4.97. The number of hydrogen-bond acceptors (Lipinski definition) is 3. The quantitative estimate of drug-likeness (QED) is 0.560. The maximum absolute atomic E-state index is 11.6. The highest BCUT2D eigenvalue weighted by Crippen LogP contribution is 2.20. The lowest BCUT2D eigenvalue weighted by atomic mass is 9.89. The van der Waals surface area contributed by atoms with Crippen LogP contribution in [-0.2, 0) is 14.3 Å². The van der Waals surface area contributed by atoms with Crippen molar-refractivity contribution in [3.05, 3.63) is 12.2 Å². The lowest BCUT2D eigenvalue weighted by Gasteiger charge is -2.27. The maximum atomic E-state index is 11.6. The second-order valence-electron chi connectivity index (χ2n) is 3.61. The molecule has 0 aromatic carbocycles. The summed E-state index contributed by atoms with van der Waals surface area (Å²) in [5.41, 5.74) is 0. The predicted molar refractivity (Wildman–Crippen MR) is 56.1 cm³/mol. The Balaban J connectivity index is 2.62. The number of carbonyl (C=O) groups excluding carboxylic acids is 2. The van der Waals surface area contributed by atoms with Crippen molar-refractivity contribution < 1.29 is 14.3 Å². The number of esters is 1. The number of amides is 1. The zero-order valence-electron chi connectivity index (χ0n) is 9.16. The Morgan fingerprint density at radius 1 is 1.40 bits per heavy atom. The molecule has 0 aromatic heterocycles. The van der Waals surface area contributed by atoms with Crippen LogP contribution >= 0.6 is 0 Å². The van der Waals surface area contributed by atoms with Gasteiger partial charge in [-0.05, 0) is 19.8 Å². The summed E-state index contributed by atoms with van der Waals surface area (Å²) >= 11 is 0. The first-order valence-electron chi connectivity index (χ1n) is 5.24. The molecule has 0 saturated carbocycles. The van der Waals surface area contributed by atoms with E-state index in [0.29, 0.717) is 19.4 Å². The fourth-order valence-corrected chi connectivity index (χ4v) is 1.74. The van der Waals surface area contributed by atoms with Crippen LogP contribution in [0.15, 0.2) is 12.2 Å². The molecule has 1 rings (SSSR count). The molecule has 15 heavy (non-hydrogen) atoms. The van der Waals surface area contributed by atoms with Crippen molar-refractivity contribution in [3.63, 3.8) is 0 Å². The monoisotopic (exact) mass is 211 g/mol. The highest BCUT2D eigenvalue weighted by Gasteiger charge is 2.30. The topological polar surface area (TPSA) is 55.4 Å². The molecular weight excluding hydrogens is 194 g/mol. The minimum absolute atomic E-state index is 0.107. The largest absolute Gasteiger partial charge is 0.466 e. The summed E-state index contributed by atoms with van der Waals surface area (Å²) in [5, 5.41) is 2.78. The fourth-order valence-electron chi connectivity index (χ4n) is 1.74. The molecule has 0 aliphatic heterocycles. The Morgan fingerprint density at radius 2 is 2.07 bits per heavy atom. The molecule has 0 saturated heterocycles. The molecule has 0 bridgehead atoms. The van der Waals surface area contributed by atoms with Crippen molar-refractivity contribution in [3.8, 4) is 0 Å². The Bertz CT molecular complexity index is 273. The van der Waals surface area contributed by atoms with Gasteiger partial charge in [-0.25, -0.2) is 0 Å². The molecule has 4 heteroatoms. The molecule has 0 spiro atoms. The Morgan fingerprint density at radius 3 is 2.67 bits per heavy atom. The second-order valence-corrected chi connectivity index (χ2v) is 3.61. The summed E-state index contributed by atoms with van der Waals surface area (Å²) in [6, 6.07) is -0.119. The van der Waals surface area contributed by atoms with Gasteiger partial charge in [0.25, 0.3) is 0 Å². The molecule has 1 aliphatic carbocycles. The molecular formula is C11H17NO3. The predicted octanol–water partition coefficient (Wildman–Crippen LogP) is 1.02. The molecule has 0 heterocycles. The molecule has 1 amide bonds. The van der Waals surface area contributed by atoms with Crippen molar-refractivity contribution in [1.82, 2.24) is 5.32 Å². The van der Waals surface area contributed by atoms with Crippen LogP contribution in [0.5, 0.6) is 0 Å².